The average molecular weight is 224 g/mol. The van der Waals surface area contributed by atoms with Crippen molar-refractivity contribution in [1.29, 1.82) is 0 Å². The standard InChI is InChI=1S/C10H16N4O2/c1-7-12-14(8-2-3-16-6-8)10(15)13(7)9-4-11-5-9/h8-9,11H,2-6H2,1H3/t8-/m1/s1. The fraction of sp³-hybridized carbons (Fsp3) is 0.800. The Morgan fingerprint density at radius 2 is 2.25 bits per heavy atom. The molecule has 2 fully saturated rings. The maximum Gasteiger partial charge on any atom is 0.346 e. The number of aromatic nitrogens is 3. The third-order valence-corrected chi connectivity index (χ3v) is 3.38. The van der Waals surface area contributed by atoms with Gasteiger partial charge in [0.05, 0.1) is 18.7 Å². The molecule has 16 heavy (non-hydrogen) atoms. The van der Waals surface area contributed by atoms with Crippen LogP contribution in [0.4, 0.5) is 0 Å². The highest BCUT2D eigenvalue weighted by molar-refractivity contribution is 4.94. The van der Waals surface area contributed by atoms with Crippen LogP contribution in [0.5, 0.6) is 0 Å². The van der Waals surface area contributed by atoms with E-state index in [9.17, 15) is 4.79 Å². The van der Waals surface area contributed by atoms with Crippen LogP contribution in [0.25, 0.3) is 0 Å². The Balaban J connectivity index is 1.97. The molecule has 0 aliphatic carbocycles. The molecule has 0 saturated carbocycles. The van der Waals surface area contributed by atoms with E-state index in [1.54, 1.807) is 9.25 Å². The SMILES string of the molecule is Cc1nn([C@@H]2CCOC2)c(=O)n1C1CNC1. The van der Waals surface area contributed by atoms with Crippen LogP contribution in [0.15, 0.2) is 4.79 Å². The monoisotopic (exact) mass is 224 g/mol. The molecule has 0 amide bonds. The van der Waals surface area contributed by atoms with E-state index in [4.69, 9.17) is 4.74 Å². The molecule has 0 bridgehead atoms. The van der Waals surface area contributed by atoms with Gasteiger partial charge in [-0.15, -0.1) is 0 Å². The van der Waals surface area contributed by atoms with Crippen molar-refractivity contribution in [2.24, 2.45) is 0 Å². The third-order valence-electron chi connectivity index (χ3n) is 3.38. The number of rotatable bonds is 2. The number of nitrogens with one attached hydrogen (secondary N) is 1. The van der Waals surface area contributed by atoms with Gasteiger partial charge in [-0.3, -0.25) is 4.57 Å². The van der Waals surface area contributed by atoms with Crippen molar-refractivity contribution in [2.45, 2.75) is 25.4 Å². The van der Waals surface area contributed by atoms with Crippen LogP contribution >= 0.6 is 0 Å². The fourth-order valence-corrected chi connectivity index (χ4v) is 2.32. The molecule has 0 unspecified atom stereocenters. The van der Waals surface area contributed by atoms with Gasteiger partial charge in [-0.25, -0.2) is 9.48 Å². The fourth-order valence-electron chi connectivity index (χ4n) is 2.32. The molecule has 0 aromatic carbocycles. The van der Waals surface area contributed by atoms with E-state index in [0.29, 0.717) is 6.61 Å². The van der Waals surface area contributed by atoms with E-state index in [2.05, 4.69) is 10.4 Å². The molecule has 0 radical (unpaired) electrons. The zero-order valence-corrected chi connectivity index (χ0v) is 9.35. The molecule has 2 aliphatic rings. The van der Waals surface area contributed by atoms with E-state index in [0.717, 1.165) is 31.9 Å². The summed E-state index contributed by atoms with van der Waals surface area (Å²) in [4.78, 5) is 12.2. The lowest BCUT2D eigenvalue weighted by atomic mass is 10.2. The van der Waals surface area contributed by atoms with Crippen molar-refractivity contribution in [3.8, 4) is 0 Å². The summed E-state index contributed by atoms with van der Waals surface area (Å²) >= 11 is 0. The molecule has 0 spiro atoms. The van der Waals surface area contributed by atoms with E-state index in [1.807, 2.05) is 6.92 Å². The highest BCUT2D eigenvalue weighted by Gasteiger charge is 2.28. The molecule has 1 aromatic rings. The van der Waals surface area contributed by atoms with Gasteiger partial charge in [0.1, 0.15) is 5.82 Å². The van der Waals surface area contributed by atoms with Crippen molar-refractivity contribution < 1.29 is 4.74 Å². The van der Waals surface area contributed by atoms with Gasteiger partial charge in [0, 0.05) is 19.7 Å². The molecular weight excluding hydrogens is 208 g/mol. The van der Waals surface area contributed by atoms with Gasteiger partial charge in [0.25, 0.3) is 0 Å². The van der Waals surface area contributed by atoms with Crippen molar-refractivity contribution in [3.63, 3.8) is 0 Å². The van der Waals surface area contributed by atoms with Gasteiger partial charge < -0.3 is 10.1 Å². The largest absolute Gasteiger partial charge is 0.379 e. The molecule has 6 heteroatoms. The van der Waals surface area contributed by atoms with Crippen LogP contribution in [0.3, 0.4) is 0 Å². The topological polar surface area (TPSA) is 61.1 Å². The van der Waals surface area contributed by atoms with E-state index in [1.165, 1.54) is 0 Å². The van der Waals surface area contributed by atoms with Crippen LogP contribution < -0.4 is 11.0 Å². The van der Waals surface area contributed by atoms with Gasteiger partial charge >= 0.3 is 5.69 Å². The Morgan fingerprint density at radius 3 is 2.81 bits per heavy atom. The second-order valence-corrected chi connectivity index (χ2v) is 4.47. The molecule has 3 rings (SSSR count). The number of ether oxygens (including phenoxy) is 1. The maximum atomic E-state index is 12.2. The predicted molar refractivity (Wildman–Crippen MR) is 57.6 cm³/mol. The van der Waals surface area contributed by atoms with Crippen LogP contribution in [0.2, 0.25) is 0 Å². The Hall–Kier alpha value is -1.14. The molecule has 1 N–H and O–H groups in total. The number of hydrogen-bond donors (Lipinski definition) is 1. The summed E-state index contributed by atoms with van der Waals surface area (Å²) in [6.07, 6.45) is 0.888. The second kappa shape index (κ2) is 3.71. The average Bonchev–Trinajstić information content (AvgIpc) is 2.78. The summed E-state index contributed by atoms with van der Waals surface area (Å²) in [7, 11) is 0. The minimum absolute atomic E-state index is 0.0134. The van der Waals surface area contributed by atoms with Crippen molar-refractivity contribution in [2.75, 3.05) is 26.3 Å². The van der Waals surface area contributed by atoms with Crippen LogP contribution in [0, 0.1) is 6.92 Å². The van der Waals surface area contributed by atoms with E-state index in [-0.39, 0.29) is 17.8 Å². The normalized spacial score (nSPS) is 25.9. The summed E-state index contributed by atoms with van der Waals surface area (Å²) in [5.74, 6) is 0.809. The van der Waals surface area contributed by atoms with Crippen LogP contribution in [0.1, 0.15) is 24.3 Å². The Labute approximate surface area is 93.2 Å². The lowest BCUT2D eigenvalue weighted by Gasteiger charge is -2.27. The zero-order chi connectivity index (χ0) is 11.1. The van der Waals surface area contributed by atoms with Gasteiger partial charge in [-0.2, -0.15) is 5.10 Å². The first-order valence-corrected chi connectivity index (χ1v) is 5.73. The van der Waals surface area contributed by atoms with Gasteiger partial charge in [-0.05, 0) is 13.3 Å². The zero-order valence-electron chi connectivity index (χ0n) is 9.35. The smallest absolute Gasteiger partial charge is 0.346 e. The van der Waals surface area contributed by atoms with E-state index < -0.39 is 0 Å². The van der Waals surface area contributed by atoms with Crippen molar-refractivity contribution >= 4 is 0 Å². The first-order valence-electron chi connectivity index (χ1n) is 5.73. The molecular formula is C10H16N4O2. The highest BCUT2D eigenvalue weighted by atomic mass is 16.5. The van der Waals surface area contributed by atoms with E-state index >= 15 is 0 Å². The van der Waals surface area contributed by atoms with Crippen LogP contribution in [-0.2, 0) is 4.74 Å². The quantitative estimate of drug-likeness (QED) is 0.733. The Kier molecular flexibility index (Phi) is 2.33. The Morgan fingerprint density at radius 1 is 1.44 bits per heavy atom. The molecule has 2 saturated heterocycles. The molecule has 6 nitrogen and oxygen atoms in total. The summed E-state index contributed by atoms with van der Waals surface area (Å²) in [6, 6.07) is 0.407. The van der Waals surface area contributed by atoms with Gasteiger partial charge in [0.15, 0.2) is 0 Å². The molecule has 1 aromatic heterocycles. The summed E-state index contributed by atoms with van der Waals surface area (Å²) in [5.41, 5.74) is 0.0134. The van der Waals surface area contributed by atoms with Crippen LogP contribution in [-0.4, -0.2) is 40.7 Å². The number of nitrogens with zero attached hydrogens (tertiary/aromatic N) is 3. The highest BCUT2D eigenvalue weighted by Crippen LogP contribution is 2.17. The first-order chi connectivity index (χ1) is 7.77. The molecule has 2 aliphatic heterocycles. The maximum absolute atomic E-state index is 12.2. The second-order valence-electron chi connectivity index (χ2n) is 4.47. The summed E-state index contributed by atoms with van der Waals surface area (Å²) in [6.45, 7) is 4.97. The number of hydrogen-bond acceptors (Lipinski definition) is 4. The van der Waals surface area contributed by atoms with Crippen molar-refractivity contribution in [1.82, 2.24) is 19.7 Å². The molecule has 3 heterocycles. The van der Waals surface area contributed by atoms with Gasteiger partial charge in [-0.1, -0.05) is 0 Å². The minimum atomic E-state index is 0.0134. The Bertz CT molecular complexity index is 440. The number of aryl methyl sites for hydroxylation is 1. The van der Waals surface area contributed by atoms with Gasteiger partial charge in [0.2, 0.25) is 0 Å². The minimum Gasteiger partial charge on any atom is -0.379 e. The summed E-state index contributed by atoms with van der Waals surface area (Å²) in [5, 5.41) is 7.53. The third kappa shape index (κ3) is 1.41. The molecule has 88 valence electrons. The lowest BCUT2D eigenvalue weighted by molar-refractivity contribution is 0.183. The lowest BCUT2D eigenvalue weighted by Crippen LogP contribution is -2.47. The van der Waals surface area contributed by atoms with Crippen molar-refractivity contribution in [3.05, 3.63) is 16.3 Å². The molecule has 1 atom stereocenters. The summed E-state index contributed by atoms with van der Waals surface area (Å²) < 4.78 is 8.69. The predicted octanol–water partition coefficient (Wildman–Crippen LogP) is -0.541. The first kappa shape index (κ1) is 10.0.